The third-order valence-electron chi connectivity index (χ3n) is 9.24. The number of hydrogen-bond acceptors (Lipinski definition) is 11. The first-order chi connectivity index (χ1) is 23.6. The maximum absolute atomic E-state index is 15.5. The molecule has 50 heavy (non-hydrogen) atoms. The highest BCUT2D eigenvalue weighted by molar-refractivity contribution is 6.30. The van der Waals surface area contributed by atoms with Crippen molar-refractivity contribution in [2.75, 3.05) is 22.9 Å². The lowest BCUT2D eigenvalue weighted by atomic mass is 9.88. The molecule has 11 nitrogen and oxygen atoms in total. The first kappa shape index (κ1) is 36.1. The second kappa shape index (κ2) is 14.1. The predicted octanol–water partition coefficient (Wildman–Crippen LogP) is 5.37. The second-order valence-electron chi connectivity index (χ2n) is 15.1. The van der Waals surface area contributed by atoms with Crippen molar-refractivity contribution in [3.05, 3.63) is 105 Å². The largest absolute Gasteiger partial charge is 0.372 e. The van der Waals surface area contributed by atoms with Crippen molar-refractivity contribution in [3.63, 3.8) is 0 Å². The highest BCUT2D eigenvalue weighted by Gasteiger charge is 2.52. The highest BCUT2D eigenvalue weighted by Crippen LogP contribution is 2.38. The van der Waals surface area contributed by atoms with Gasteiger partial charge in [0.1, 0.15) is 24.8 Å². The van der Waals surface area contributed by atoms with Crippen molar-refractivity contribution in [3.8, 4) is 0 Å². The number of aromatic nitrogens is 4. The Kier molecular flexibility index (Phi) is 10.2. The van der Waals surface area contributed by atoms with Crippen LogP contribution in [0.5, 0.6) is 0 Å². The summed E-state index contributed by atoms with van der Waals surface area (Å²) in [6, 6.07) is 23.2. The molecule has 2 N–H and O–H groups in total. The SMILES string of the molecule is CC(C)(C)c1cc(N2C(O)CN(Cc3ccccc3)C2C(=O)C2N(Cc3ccccc3)CC(O)N2c2cc(C(C)(C)C)c(Cl)nn2)nnc1Cl. The fraction of sp³-hybridized carbons (Fsp3) is 0.432. The molecule has 2 aliphatic heterocycles. The maximum Gasteiger partial charge on any atom is 0.207 e. The number of nitrogens with zero attached hydrogens (tertiary/aromatic N) is 8. The molecule has 13 heteroatoms. The summed E-state index contributed by atoms with van der Waals surface area (Å²) in [6.45, 7) is 13.2. The number of carbonyl (C=O) groups is 1. The molecule has 0 spiro atoms. The number of ketones is 1. The Bertz CT molecular complexity index is 1690. The summed E-state index contributed by atoms with van der Waals surface area (Å²) < 4.78 is 0. The zero-order chi connectivity index (χ0) is 36.0. The van der Waals surface area contributed by atoms with E-state index >= 15 is 4.79 Å². The van der Waals surface area contributed by atoms with Crippen LogP contribution >= 0.6 is 23.2 Å². The summed E-state index contributed by atoms with van der Waals surface area (Å²) in [7, 11) is 0. The first-order valence-electron chi connectivity index (χ1n) is 16.7. The lowest BCUT2D eigenvalue weighted by Crippen LogP contribution is -2.58. The lowest BCUT2D eigenvalue weighted by molar-refractivity contribution is -0.128. The lowest BCUT2D eigenvalue weighted by Gasteiger charge is -2.37. The van der Waals surface area contributed by atoms with Gasteiger partial charge in [0.2, 0.25) is 5.78 Å². The van der Waals surface area contributed by atoms with Gasteiger partial charge in [0.05, 0.1) is 0 Å². The summed E-state index contributed by atoms with van der Waals surface area (Å²) in [5.41, 5.74) is 2.65. The van der Waals surface area contributed by atoms with Gasteiger partial charge < -0.3 is 20.0 Å². The third kappa shape index (κ3) is 7.35. The van der Waals surface area contributed by atoms with Crippen LogP contribution < -0.4 is 9.80 Å². The van der Waals surface area contributed by atoms with Crippen LogP contribution in [0.3, 0.4) is 0 Å². The molecule has 4 heterocycles. The van der Waals surface area contributed by atoms with Crippen LogP contribution in [-0.4, -0.2) is 84.1 Å². The Balaban J connectivity index is 1.49. The van der Waals surface area contributed by atoms with E-state index in [0.29, 0.717) is 24.7 Å². The number of Topliss-reactive ketones (excluding diaryl/α,β-unsaturated/α-hetero) is 1. The molecule has 0 aliphatic carbocycles. The Morgan fingerprint density at radius 2 is 1.02 bits per heavy atom. The topological polar surface area (TPSA) is 122 Å². The van der Waals surface area contributed by atoms with Crippen LogP contribution in [0, 0.1) is 0 Å². The fourth-order valence-corrected chi connectivity index (χ4v) is 7.52. The minimum absolute atomic E-state index is 0.156. The number of aliphatic hydroxyl groups is 2. The quantitative estimate of drug-likeness (QED) is 0.245. The third-order valence-corrected chi connectivity index (χ3v) is 9.80. The van der Waals surface area contributed by atoms with Gasteiger partial charge in [0, 0.05) is 37.3 Å². The summed E-state index contributed by atoms with van der Waals surface area (Å²) >= 11 is 13.0. The molecule has 0 bridgehead atoms. The Hall–Kier alpha value is -3.71. The summed E-state index contributed by atoms with van der Waals surface area (Å²) in [6.07, 6.45) is -4.21. The van der Waals surface area contributed by atoms with Crippen molar-refractivity contribution in [2.24, 2.45) is 0 Å². The molecular weight excluding hydrogens is 675 g/mol. The van der Waals surface area contributed by atoms with Crippen molar-refractivity contribution in [1.82, 2.24) is 30.2 Å². The van der Waals surface area contributed by atoms with Crippen molar-refractivity contribution < 1.29 is 15.0 Å². The molecule has 2 fully saturated rings. The zero-order valence-corrected chi connectivity index (χ0v) is 30.7. The van der Waals surface area contributed by atoms with Gasteiger partial charge in [-0.15, -0.1) is 20.4 Å². The molecule has 4 atom stereocenters. The molecule has 0 radical (unpaired) electrons. The average Bonchev–Trinajstić information content (AvgIpc) is 3.56. The van der Waals surface area contributed by atoms with E-state index < -0.39 is 24.8 Å². The van der Waals surface area contributed by atoms with Crippen LogP contribution in [0.2, 0.25) is 10.3 Å². The van der Waals surface area contributed by atoms with Gasteiger partial charge in [-0.2, -0.15) is 0 Å². The van der Waals surface area contributed by atoms with Crippen LogP contribution in [0.1, 0.15) is 63.8 Å². The second-order valence-corrected chi connectivity index (χ2v) is 15.8. The molecule has 0 saturated carbocycles. The summed E-state index contributed by atoms with van der Waals surface area (Å²) in [4.78, 5) is 22.6. The smallest absolute Gasteiger partial charge is 0.207 e. The minimum atomic E-state index is -1.10. The predicted molar refractivity (Wildman–Crippen MR) is 195 cm³/mol. The van der Waals surface area contributed by atoms with E-state index in [1.54, 1.807) is 21.9 Å². The zero-order valence-electron chi connectivity index (χ0n) is 29.2. The monoisotopic (exact) mass is 718 g/mol. The number of halogens is 2. The number of benzene rings is 2. The van der Waals surface area contributed by atoms with Crippen LogP contribution in [0.4, 0.5) is 11.6 Å². The Morgan fingerprint density at radius 3 is 1.36 bits per heavy atom. The van der Waals surface area contributed by atoms with E-state index in [2.05, 4.69) is 20.4 Å². The van der Waals surface area contributed by atoms with Crippen LogP contribution in [-0.2, 0) is 28.7 Å². The van der Waals surface area contributed by atoms with E-state index in [0.717, 1.165) is 22.3 Å². The molecule has 2 saturated heterocycles. The van der Waals surface area contributed by atoms with E-state index in [-0.39, 0.29) is 40.0 Å². The molecule has 0 amide bonds. The standard InChI is InChI=1S/C37H44Cl2N8O3/c1-36(2,3)25-17-27(40-42-32(25)38)46-29(48)21-44(19-23-13-9-7-10-14-23)34(46)31(50)35-45(20-24-15-11-8-12-16-24)22-30(49)47(35)28-18-26(37(4,5)6)33(39)43-41-28/h7-18,29-30,34-35,48-49H,19-22H2,1-6H3. The number of β-amino-alcohol motifs (C(OH)–C–C–N with tert-alkyl or cyclic N) is 2. The molecule has 4 aromatic rings. The number of aliphatic hydroxyl groups excluding tert-OH is 2. The van der Waals surface area contributed by atoms with Gasteiger partial charge in [0.25, 0.3) is 0 Å². The number of rotatable bonds is 8. The van der Waals surface area contributed by atoms with Crippen molar-refractivity contribution >= 4 is 40.6 Å². The number of hydrogen-bond donors (Lipinski definition) is 2. The summed E-state index contributed by atoms with van der Waals surface area (Å²) in [5, 5.41) is 41.3. The van der Waals surface area contributed by atoms with Gasteiger partial charge in [-0.1, -0.05) is 125 Å². The molecule has 2 aromatic carbocycles. The highest BCUT2D eigenvalue weighted by atomic mass is 35.5. The normalized spacial score (nSPS) is 22.0. The Morgan fingerprint density at radius 1 is 0.660 bits per heavy atom. The average molecular weight is 720 g/mol. The van der Waals surface area contributed by atoms with Crippen molar-refractivity contribution in [1.29, 1.82) is 0 Å². The van der Waals surface area contributed by atoms with E-state index in [1.807, 2.05) is 112 Å². The maximum atomic E-state index is 15.5. The van der Waals surface area contributed by atoms with E-state index in [9.17, 15) is 10.2 Å². The number of anilines is 2. The van der Waals surface area contributed by atoms with Crippen LogP contribution in [0.25, 0.3) is 0 Å². The van der Waals surface area contributed by atoms with E-state index in [1.165, 1.54) is 0 Å². The number of carbonyl (C=O) groups excluding carboxylic acids is 1. The van der Waals surface area contributed by atoms with Gasteiger partial charge >= 0.3 is 0 Å². The first-order valence-corrected chi connectivity index (χ1v) is 17.5. The molecular formula is C37H44Cl2N8O3. The van der Waals surface area contributed by atoms with Gasteiger partial charge in [-0.3, -0.25) is 14.6 Å². The van der Waals surface area contributed by atoms with E-state index in [4.69, 9.17) is 23.2 Å². The fourth-order valence-electron chi connectivity index (χ4n) is 6.77. The van der Waals surface area contributed by atoms with Gasteiger partial charge in [-0.05, 0) is 34.1 Å². The summed E-state index contributed by atoms with van der Waals surface area (Å²) in [5.74, 6) is 0.358. The molecule has 2 aliphatic rings. The van der Waals surface area contributed by atoms with Gasteiger partial charge in [-0.25, -0.2) is 0 Å². The Labute approximate surface area is 303 Å². The van der Waals surface area contributed by atoms with Crippen molar-refractivity contribution in [2.45, 2.75) is 90.2 Å². The van der Waals surface area contributed by atoms with Gasteiger partial charge in [0.15, 0.2) is 21.9 Å². The van der Waals surface area contributed by atoms with Crippen LogP contribution in [0.15, 0.2) is 72.8 Å². The molecule has 264 valence electrons. The molecule has 4 unspecified atom stereocenters. The molecule has 2 aromatic heterocycles. The molecule has 6 rings (SSSR count). The minimum Gasteiger partial charge on any atom is -0.372 e.